The van der Waals surface area contributed by atoms with Crippen molar-refractivity contribution in [3.63, 3.8) is 0 Å². The van der Waals surface area contributed by atoms with E-state index in [1.807, 2.05) is 13.0 Å². The summed E-state index contributed by atoms with van der Waals surface area (Å²) in [6, 6.07) is 10.8. The predicted octanol–water partition coefficient (Wildman–Crippen LogP) is 3.24. The van der Waals surface area contributed by atoms with Crippen LogP contribution in [0.15, 0.2) is 30.3 Å². The Labute approximate surface area is 121 Å². The van der Waals surface area contributed by atoms with Crippen LogP contribution in [-0.4, -0.2) is 30.1 Å². The molecule has 1 aromatic rings. The maximum Gasteiger partial charge on any atom is 0.310 e. The zero-order chi connectivity index (χ0) is 14.4. The van der Waals surface area contributed by atoms with Gasteiger partial charge in [-0.3, -0.25) is 9.69 Å². The first-order chi connectivity index (χ1) is 9.76. The number of esters is 1. The van der Waals surface area contributed by atoms with Crippen molar-refractivity contribution in [1.82, 2.24) is 4.90 Å². The van der Waals surface area contributed by atoms with Crippen molar-refractivity contribution < 1.29 is 9.53 Å². The van der Waals surface area contributed by atoms with Crippen LogP contribution in [0.3, 0.4) is 0 Å². The van der Waals surface area contributed by atoms with E-state index < -0.39 is 0 Å². The third kappa shape index (κ3) is 3.60. The lowest BCUT2D eigenvalue weighted by atomic mass is 10.0. The van der Waals surface area contributed by atoms with E-state index in [9.17, 15) is 4.79 Å². The van der Waals surface area contributed by atoms with E-state index >= 15 is 0 Å². The molecule has 1 fully saturated rings. The average molecular weight is 275 g/mol. The number of carbonyl (C=O) groups excluding carboxylic acids is 1. The van der Waals surface area contributed by atoms with Crippen LogP contribution < -0.4 is 0 Å². The summed E-state index contributed by atoms with van der Waals surface area (Å²) in [5.41, 5.74) is 1.31. The molecule has 0 aliphatic heterocycles. The fourth-order valence-electron chi connectivity index (χ4n) is 3.18. The Morgan fingerprint density at radius 3 is 2.65 bits per heavy atom. The lowest BCUT2D eigenvalue weighted by molar-refractivity contribution is -0.149. The highest BCUT2D eigenvalue weighted by atomic mass is 16.5. The minimum Gasteiger partial charge on any atom is -0.466 e. The van der Waals surface area contributed by atoms with Gasteiger partial charge in [-0.05, 0) is 31.9 Å². The predicted molar refractivity (Wildman–Crippen MR) is 80.3 cm³/mol. The number of carbonyl (C=O) groups is 1. The standard InChI is InChI=1S/C17H25NO2/c1-3-18(13-14-9-6-5-7-10-14)16-12-8-11-15(16)17(19)20-4-2/h5-7,9-10,15-16H,3-4,8,11-13H2,1-2H3/t15-,16-/m1/s1. The number of ether oxygens (including phenoxy) is 1. The van der Waals surface area contributed by atoms with Gasteiger partial charge in [-0.2, -0.15) is 0 Å². The van der Waals surface area contributed by atoms with E-state index in [-0.39, 0.29) is 11.9 Å². The number of rotatable bonds is 6. The zero-order valence-corrected chi connectivity index (χ0v) is 12.5. The normalized spacial score (nSPS) is 22.1. The molecule has 2 rings (SSSR count). The number of benzene rings is 1. The van der Waals surface area contributed by atoms with Crippen molar-refractivity contribution in [3.05, 3.63) is 35.9 Å². The van der Waals surface area contributed by atoms with Gasteiger partial charge in [0.15, 0.2) is 0 Å². The Hall–Kier alpha value is -1.35. The highest BCUT2D eigenvalue weighted by Crippen LogP contribution is 2.31. The molecule has 20 heavy (non-hydrogen) atoms. The van der Waals surface area contributed by atoms with Gasteiger partial charge >= 0.3 is 5.97 Å². The molecular weight excluding hydrogens is 250 g/mol. The van der Waals surface area contributed by atoms with Gasteiger partial charge in [0.2, 0.25) is 0 Å². The highest BCUT2D eigenvalue weighted by molar-refractivity contribution is 5.73. The fraction of sp³-hybridized carbons (Fsp3) is 0.588. The number of nitrogens with zero attached hydrogens (tertiary/aromatic N) is 1. The molecule has 0 N–H and O–H groups in total. The van der Waals surface area contributed by atoms with Crippen LogP contribution in [0.25, 0.3) is 0 Å². The molecule has 0 saturated heterocycles. The van der Waals surface area contributed by atoms with E-state index in [1.54, 1.807) is 0 Å². The molecule has 1 aliphatic carbocycles. The largest absolute Gasteiger partial charge is 0.466 e. The Balaban J connectivity index is 2.04. The van der Waals surface area contributed by atoms with E-state index in [0.717, 1.165) is 32.4 Å². The van der Waals surface area contributed by atoms with Crippen molar-refractivity contribution in [3.8, 4) is 0 Å². The summed E-state index contributed by atoms with van der Waals surface area (Å²) in [7, 11) is 0. The molecule has 1 aromatic carbocycles. The molecule has 0 amide bonds. The van der Waals surface area contributed by atoms with Crippen LogP contribution in [0.4, 0.5) is 0 Å². The molecule has 3 nitrogen and oxygen atoms in total. The third-order valence-corrected chi connectivity index (χ3v) is 4.17. The van der Waals surface area contributed by atoms with Crippen LogP contribution in [0.5, 0.6) is 0 Å². The quantitative estimate of drug-likeness (QED) is 0.746. The summed E-state index contributed by atoms with van der Waals surface area (Å²) < 4.78 is 5.24. The minimum atomic E-state index is -0.0125. The molecule has 110 valence electrons. The summed E-state index contributed by atoms with van der Waals surface area (Å²) in [6.45, 7) is 6.41. The fourth-order valence-corrected chi connectivity index (χ4v) is 3.18. The average Bonchev–Trinajstić information content (AvgIpc) is 2.95. The topological polar surface area (TPSA) is 29.5 Å². The van der Waals surface area contributed by atoms with Gasteiger partial charge < -0.3 is 4.74 Å². The van der Waals surface area contributed by atoms with Gasteiger partial charge in [-0.15, -0.1) is 0 Å². The van der Waals surface area contributed by atoms with Gasteiger partial charge in [-0.25, -0.2) is 0 Å². The Kier molecular flexibility index (Phi) is 5.60. The summed E-state index contributed by atoms with van der Waals surface area (Å²) in [5, 5.41) is 0. The van der Waals surface area contributed by atoms with Crippen molar-refractivity contribution in [2.75, 3.05) is 13.2 Å². The number of hydrogen-bond donors (Lipinski definition) is 0. The monoisotopic (exact) mass is 275 g/mol. The molecule has 0 heterocycles. The molecule has 0 spiro atoms. The van der Waals surface area contributed by atoms with Gasteiger partial charge in [0, 0.05) is 12.6 Å². The van der Waals surface area contributed by atoms with Crippen LogP contribution in [0.2, 0.25) is 0 Å². The lowest BCUT2D eigenvalue weighted by Gasteiger charge is -2.31. The summed E-state index contributed by atoms with van der Waals surface area (Å²) in [5.74, 6) is 0.0418. The first kappa shape index (κ1) is 15.0. The smallest absolute Gasteiger partial charge is 0.310 e. The van der Waals surface area contributed by atoms with E-state index in [0.29, 0.717) is 12.6 Å². The molecular formula is C17H25NO2. The van der Waals surface area contributed by atoms with Crippen molar-refractivity contribution >= 4 is 5.97 Å². The first-order valence-corrected chi connectivity index (χ1v) is 7.70. The molecule has 1 aliphatic rings. The minimum absolute atomic E-state index is 0.0125. The molecule has 3 heteroatoms. The summed E-state index contributed by atoms with van der Waals surface area (Å²) in [6.07, 6.45) is 3.19. The maximum absolute atomic E-state index is 12.1. The second-order valence-electron chi connectivity index (χ2n) is 5.41. The molecule has 0 radical (unpaired) electrons. The van der Waals surface area contributed by atoms with E-state index in [2.05, 4.69) is 36.1 Å². The molecule has 2 atom stereocenters. The molecule has 1 saturated carbocycles. The summed E-state index contributed by atoms with van der Waals surface area (Å²) >= 11 is 0. The van der Waals surface area contributed by atoms with Crippen molar-refractivity contribution in [2.24, 2.45) is 5.92 Å². The van der Waals surface area contributed by atoms with Crippen LogP contribution in [0.1, 0.15) is 38.7 Å². The van der Waals surface area contributed by atoms with Crippen LogP contribution >= 0.6 is 0 Å². The summed E-state index contributed by atoms with van der Waals surface area (Å²) in [4.78, 5) is 14.5. The maximum atomic E-state index is 12.1. The third-order valence-electron chi connectivity index (χ3n) is 4.17. The Morgan fingerprint density at radius 2 is 2.00 bits per heavy atom. The molecule has 0 bridgehead atoms. The van der Waals surface area contributed by atoms with Crippen molar-refractivity contribution in [1.29, 1.82) is 0 Å². The SMILES string of the molecule is CCOC(=O)[C@@H]1CCC[C@H]1N(CC)Cc1ccccc1. The number of hydrogen-bond acceptors (Lipinski definition) is 3. The van der Waals surface area contributed by atoms with Gasteiger partial charge in [0.25, 0.3) is 0 Å². The Morgan fingerprint density at radius 1 is 1.25 bits per heavy atom. The molecule has 0 unspecified atom stereocenters. The Bertz CT molecular complexity index is 418. The first-order valence-electron chi connectivity index (χ1n) is 7.70. The van der Waals surface area contributed by atoms with Gasteiger partial charge in [0.05, 0.1) is 12.5 Å². The van der Waals surface area contributed by atoms with Crippen molar-refractivity contribution in [2.45, 2.75) is 45.7 Å². The van der Waals surface area contributed by atoms with E-state index in [1.165, 1.54) is 5.56 Å². The van der Waals surface area contributed by atoms with Gasteiger partial charge in [0.1, 0.15) is 0 Å². The van der Waals surface area contributed by atoms with E-state index in [4.69, 9.17) is 4.74 Å². The highest BCUT2D eigenvalue weighted by Gasteiger charge is 2.37. The second-order valence-corrected chi connectivity index (χ2v) is 5.41. The van der Waals surface area contributed by atoms with Gasteiger partial charge in [-0.1, -0.05) is 43.7 Å². The van der Waals surface area contributed by atoms with Crippen LogP contribution in [0, 0.1) is 5.92 Å². The van der Waals surface area contributed by atoms with Crippen LogP contribution in [-0.2, 0) is 16.1 Å². The molecule has 0 aromatic heterocycles. The second kappa shape index (κ2) is 7.44. The lowest BCUT2D eigenvalue weighted by Crippen LogP contribution is -2.40. The zero-order valence-electron chi connectivity index (χ0n) is 12.5.